The number of rotatable bonds is 8. The van der Waals surface area contributed by atoms with Gasteiger partial charge in [0.1, 0.15) is 11.5 Å². The molecule has 22 heavy (non-hydrogen) atoms. The number of hydrogen-bond acceptors (Lipinski definition) is 5. The third kappa shape index (κ3) is 5.95. The standard InChI is InChI=1S/C16H20N4O2/c21-9-11-22-10-8-17-7-5-15-13-19-16(20-15)4-3-14-2-1-6-18-12-14/h1-2,6,12-13,17,21H,3-4,8-11H2,(H,19,20). The van der Waals surface area contributed by atoms with Crippen LogP contribution in [-0.4, -0.2) is 46.4 Å². The Morgan fingerprint density at radius 1 is 1.27 bits per heavy atom. The van der Waals surface area contributed by atoms with Gasteiger partial charge in [0.05, 0.1) is 26.0 Å². The number of nitrogens with one attached hydrogen (secondary N) is 2. The average molecular weight is 300 g/mol. The number of aryl methyl sites for hydroxylation is 2. The highest BCUT2D eigenvalue weighted by molar-refractivity contribution is 5.25. The van der Waals surface area contributed by atoms with Crippen LogP contribution in [0.1, 0.15) is 17.1 Å². The Morgan fingerprint density at radius 2 is 2.23 bits per heavy atom. The fourth-order valence-corrected chi connectivity index (χ4v) is 1.83. The molecule has 2 heterocycles. The van der Waals surface area contributed by atoms with Crippen molar-refractivity contribution in [3.8, 4) is 12.0 Å². The Labute approximate surface area is 130 Å². The maximum Gasteiger partial charge on any atom is 0.111 e. The van der Waals surface area contributed by atoms with Crippen LogP contribution in [-0.2, 0) is 17.6 Å². The lowest BCUT2D eigenvalue weighted by Gasteiger charge is -1.99. The molecule has 0 aromatic carbocycles. The van der Waals surface area contributed by atoms with Crippen molar-refractivity contribution < 1.29 is 9.84 Å². The second-order valence-electron chi connectivity index (χ2n) is 4.62. The van der Waals surface area contributed by atoms with Crippen molar-refractivity contribution in [3.05, 3.63) is 47.8 Å². The first kappa shape index (κ1) is 16.0. The Kier molecular flexibility index (Phi) is 6.96. The Bertz CT molecular complexity index is 601. The summed E-state index contributed by atoms with van der Waals surface area (Å²) in [7, 11) is 0. The maximum absolute atomic E-state index is 8.55. The molecule has 2 aromatic heterocycles. The van der Waals surface area contributed by atoms with Crippen LogP contribution in [0.4, 0.5) is 0 Å². The Hall–Kier alpha value is -2.36. The summed E-state index contributed by atoms with van der Waals surface area (Å²) in [5.74, 6) is 3.87. The summed E-state index contributed by atoms with van der Waals surface area (Å²) < 4.78 is 5.11. The zero-order chi connectivity index (χ0) is 15.5. The fraction of sp³-hybridized carbons (Fsp3) is 0.375. The minimum Gasteiger partial charge on any atom is -0.394 e. The maximum atomic E-state index is 8.55. The highest BCUT2D eigenvalue weighted by atomic mass is 16.5. The van der Waals surface area contributed by atoms with Gasteiger partial charge in [-0.05, 0) is 24.0 Å². The quantitative estimate of drug-likeness (QED) is 0.376. The molecule has 0 spiro atoms. The van der Waals surface area contributed by atoms with E-state index in [1.54, 1.807) is 12.4 Å². The molecule has 0 amide bonds. The largest absolute Gasteiger partial charge is 0.394 e. The van der Waals surface area contributed by atoms with Gasteiger partial charge in [-0.1, -0.05) is 6.07 Å². The molecule has 0 aliphatic heterocycles. The van der Waals surface area contributed by atoms with Gasteiger partial charge in [0.15, 0.2) is 0 Å². The van der Waals surface area contributed by atoms with Crippen LogP contribution in [0, 0.1) is 12.0 Å². The molecule has 0 fully saturated rings. The molecule has 6 heteroatoms. The fourth-order valence-electron chi connectivity index (χ4n) is 1.83. The van der Waals surface area contributed by atoms with Crippen molar-refractivity contribution in [2.75, 3.05) is 26.4 Å². The van der Waals surface area contributed by atoms with Gasteiger partial charge < -0.3 is 20.1 Å². The van der Waals surface area contributed by atoms with Gasteiger partial charge in [0.25, 0.3) is 0 Å². The van der Waals surface area contributed by atoms with Crippen LogP contribution in [0.15, 0.2) is 30.7 Å². The number of imidazole rings is 1. The van der Waals surface area contributed by atoms with Crippen LogP contribution in [0.2, 0.25) is 0 Å². The minimum absolute atomic E-state index is 0.0433. The molecule has 0 bridgehead atoms. The molecule has 0 aliphatic carbocycles. The van der Waals surface area contributed by atoms with E-state index >= 15 is 0 Å². The zero-order valence-corrected chi connectivity index (χ0v) is 12.4. The Balaban J connectivity index is 1.70. The van der Waals surface area contributed by atoms with Crippen molar-refractivity contribution in [3.63, 3.8) is 0 Å². The van der Waals surface area contributed by atoms with E-state index in [1.807, 2.05) is 12.3 Å². The number of nitrogens with zero attached hydrogens (tertiary/aromatic N) is 2. The molecule has 0 saturated heterocycles. The summed E-state index contributed by atoms with van der Waals surface area (Å²) in [5, 5.41) is 11.5. The second kappa shape index (κ2) is 9.55. The molecule has 0 radical (unpaired) electrons. The number of hydrogen-bond donors (Lipinski definition) is 3. The van der Waals surface area contributed by atoms with Crippen molar-refractivity contribution in [1.82, 2.24) is 20.3 Å². The lowest BCUT2D eigenvalue weighted by molar-refractivity contribution is 0.0956. The van der Waals surface area contributed by atoms with E-state index in [4.69, 9.17) is 9.84 Å². The normalized spacial score (nSPS) is 10.0. The lowest BCUT2D eigenvalue weighted by Crippen LogP contribution is -2.15. The highest BCUT2D eigenvalue weighted by Crippen LogP contribution is 2.03. The molecular weight excluding hydrogens is 280 g/mol. The first-order valence-corrected chi connectivity index (χ1v) is 7.24. The van der Waals surface area contributed by atoms with E-state index in [2.05, 4.69) is 38.3 Å². The van der Waals surface area contributed by atoms with Crippen molar-refractivity contribution in [2.24, 2.45) is 0 Å². The van der Waals surface area contributed by atoms with Crippen LogP contribution in [0.5, 0.6) is 0 Å². The van der Waals surface area contributed by atoms with Crippen molar-refractivity contribution >= 4 is 0 Å². The summed E-state index contributed by atoms with van der Waals surface area (Å²) in [6.45, 7) is 1.54. The molecule has 3 N–H and O–H groups in total. The van der Waals surface area contributed by atoms with Gasteiger partial charge in [0, 0.05) is 31.4 Å². The number of aliphatic hydroxyl groups is 1. The smallest absolute Gasteiger partial charge is 0.111 e. The summed E-state index contributed by atoms with van der Waals surface area (Å²) in [4.78, 5) is 11.6. The zero-order valence-electron chi connectivity index (χ0n) is 12.4. The molecule has 2 aromatic rings. The Morgan fingerprint density at radius 3 is 3.05 bits per heavy atom. The third-order valence-corrected chi connectivity index (χ3v) is 2.89. The SMILES string of the molecule is OCCOCCNC#Cc1cnc(CCc2cccnc2)[nH]1. The van der Waals surface area contributed by atoms with Gasteiger partial charge in [-0.2, -0.15) is 0 Å². The second-order valence-corrected chi connectivity index (χ2v) is 4.62. The van der Waals surface area contributed by atoms with Gasteiger partial charge in [0.2, 0.25) is 0 Å². The molecule has 2 rings (SSSR count). The number of aromatic amines is 1. The van der Waals surface area contributed by atoms with Gasteiger partial charge in [-0.25, -0.2) is 4.98 Å². The predicted molar refractivity (Wildman–Crippen MR) is 83.0 cm³/mol. The topological polar surface area (TPSA) is 83.1 Å². The summed E-state index contributed by atoms with van der Waals surface area (Å²) in [5.41, 5.74) is 1.97. The molecule has 0 atom stereocenters. The first-order chi connectivity index (χ1) is 10.9. The summed E-state index contributed by atoms with van der Waals surface area (Å²) in [6, 6.07) is 6.83. The minimum atomic E-state index is 0.0433. The lowest BCUT2D eigenvalue weighted by atomic mass is 10.1. The van der Waals surface area contributed by atoms with Crippen LogP contribution in [0.3, 0.4) is 0 Å². The van der Waals surface area contributed by atoms with Crippen molar-refractivity contribution in [1.29, 1.82) is 0 Å². The number of aromatic nitrogens is 3. The van der Waals surface area contributed by atoms with Gasteiger partial charge >= 0.3 is 0 Å². The van der Waals surface area contributed by atoms with E-state index in [1.165, 1.54) is 5.56 Å². The van der Waals surface area contributed by atoms with Crippen LogP contribution in [0.25, 0.3) is 0 Å². The first-order valence-electron chi connectivity index (χ1n) is 7.24. The molecular formula is C16H20N4O2. The van der Waals surface area contributed by atoms with Gasteiger partial charge in [-0.3, -0.25) is 4.98 Å². The monoisotopic (exact) mass is 300 g/mol. The number of aliphatic hydroxyl groups excluding tert-OH is 1. The number of H-pyrrole nitrogens is 1. The van der Waals surface area contributed by atoms with Crippen molar-refractivity contribution in [2.45, 2.75) is 12.8 Å². The average Bonchev–Trinajstić information content (AvgIpc) is 3.01. The summed E-state index contributed by atoms with van der Waals surface area (Å²) >= 11 is 0. The number of ether oxygens (including phenoxy) is 1. The molecule has 0 unspecified atom stereocenters. The molecule has 0 saturated carbocycles. The summed E-state index contributed by atoms with van der Waals surface area (Å²) in [6.07, 6.45) is 7.10. The van der Waals surface area contributed by atoms with Crippen LogP contribution >= 0.6 is 0 Å². The van der Waals surface area contributed by atoms with Gasteiger partial charge in [-0.15, -0.1) is 0 Å². The highest BCUT2D eigenvalue weighted by Gasteiger charge is 1.99. The van der Waals surface area contributed by atoms with E-state index in [9.17, 15) is 0 Å². The van der Waals surface area contributed by atoms with E-state index in [-0.39, 0.29) is 6.61 Å². The van der Waals surface area contributed by atoms with Crippen LogP contribution < -0.4 is 5.32 Å². The van der Waals surface area contributed by atoms with E-state index < -0.39 is 0 Å². The molecule has 6 nitrogen and oxygen atoms in total. The predicted octanol–water partition coefficient (Wildman–Crippen LogP) is 0.497. The third-order valence-electron chi connectivity index (χ3n) is 2.89. The van der Waals surface area contributed by atoms with E-state index in [0.29, 0.717) is 19.8 Å². The molecule has 116 valence electrons. The van der Waals surface area contributed by atoms with E-state index in [0.717, 1.165) is 24.4 Å². The number of pyridine rings is 1. The molecule has 0 aliphatic rings.